The van der Waals surface area contributed by atoms with Crippen LogP contribution in [-0.2, 0) is 11.3 Å². The van der Waals surface area contributed by atoms with Gasteiger partial charge >= 0.3 is 0 Å². The van der Waals surface area contributed by atoms with E-state index in [9.17, 15) is 5.11 Å². The Morgan fingerprint density at radius 1 is 1.19 bits per heavy atom. The molecule has 116 valence electrons. The Balaban J connectivity index is 1.61. The molecule has 3 heteroatoms. The fourth-order valence-corrected chi connectivity index (χ4v) is 4.22. The number of hydrogen-bond donors (Lipinski definition) is 1. The van der Waals surface area contributed by atoms with Gasteiger partial charge in [-0.05, 0) is 44.1 Å². The van der Waals surface area contributed by atoms with Gasteiger partial charge in [-0.1, -0.05) is 30.3 Å². The standard InChI is InChI=1S/C18H27NO2/c1-21-11-5-10-18(20)12-16-8-9-17(13-18)19(16)14-15-6-3-2-4-7-15/h2-4,6-7,16-17,20H,5,8-14H2,1H3. The normalized spacial score (nSPS) is 32.5. The molecule has 0 aromatic heterocycles. The van der Waals surface area contributed by atoms with Crippen molar-refractivity contribution in [1.29, 1.82) is 0 Å². The Labute approximate surface area is 127 Å². The van der Waals surface area contributed by atoms with Crippen molar-refractivity contribution in [2.75, 3.05) is 13.7 Å². The molecular weight excluding hydrogens is 262 g/mol. The molecule has 0 aliphatic carbocycles. The van der Waals surface area contributed by atoms with Crippen molar-refractivity contribution >= 4 is 0 Å². The lowest BCUT2D eigenvalue weighted by molar-refractivity contribution is -0.0632. The molecule has 2 aliphatic heterocycles. The molecule has 21 heavy (non-hydrogen) atoms. The van der Waals surface area contributed by atoms with Gasteiger partial charge in [0.05, 0.1) is 5.60 Å². The van der Waals surface area contributed by atoms with Gasteiger partial charge in [-0.15, -0.1) is 0 Å². The Morgan fingerprint density at radius 2 is 1.86 bits per heavy atom. The van der Waals surface area contributed by atoms with E-state index < -0.39 is 5.60 Å². The average molecular weight is 289 g/mol. The first-order valence-electron chi connectivity index (χ1n) is 8.21. The molecule has 2 heterocycles. The number of hydrogen-bond acceptors (Lipinski definition) is 3. The van der Waals surface area contributed by atoms with E-state index >= 15 is 0 Å². The first kappa shape index (κ1) is 15.0. The zero-order valence-electron chi connectivity index (χ0n) is 13.0. The van der Waals surface area contributed by atoms with E-state index in [1.54, 1.807) is 7.11 Å². The fourth-order valence-electron chi connectivity index (χ4n) is 4.22. The summed E-state index contributed by atoms with van der Waals surface area (Å²) < 4.78 is 5.13. The summed E-state index contributed by atoms with van der Waals surface area (Å²) in [5.74, 6) is 0. The molecular formula is C18H27NO2. The molecule has 3 rings (SSSR count). The minimum absolute atomic E-state index is 0.461. The van der Waals surface area contributed by atoms with Gasteiger partial charge in [-0.25, -0.2) is 0 Å². The summed E-state index contributed by atoms with van der Waals surface area (Å²) in [6, 6.07) is 11.8. The number of rotatable bonds is 6. The van der Waals surface area contributed by atoms with Crippen molar-refractivity contribution in [2.45, 2.75) is 62.8 Å². The van der Waals surface area contributed by atoms with Crippen LogP contribution in [0.4, 0.5) is 0 Å². The van der Waals surface area contributed by atoms with E-state index in [1.807, 2.05) is 0 Å². The topological polar surface area (TPSA) is 32.7 Å². The van der Waals surface area contributed by atoms with Crippen LogP contribution in [0.5, 0.6) is 0 Å². The highest BCUT2D eigenvalue weighted by molar-refractivity contribution is 5.16. The van der Waals surface area contributed by atoms with E-state index in [0.29, 0.717) is 12.1 Å². The minimum atomic E-state index is -0.461. The maximum Gasteiger partial charge on any atom is 0.0678 e. The first-order chi connectivity index (χ1) is 10.2. The van der Waals surface area contributed by atoms with Crippen molar-refractivity contribution in [2.24, 2.45) is 0 Å². The molecule has 2 fully saturated rings. The number of ether oxygens (including phenoxy) is 1. The van der Waals surface area contributed by atoms with Gasteiger partial charge in [0.15, 0.2) is 0 Å². The Morgan fingerprint density at radius 3 is 2.48 bits per heavy atom. The SMILES string of the molecule is COCCCC1(O)CC2CCC(C1)N2Cc1ccccc1. The highest BCUT2D eigenvalue weighted by Crippen LogP contribution is 2.43. The molecule has 1 N–H and O–H groups in total. The molecule has 2 aliphatic rings. The molecule has 0 amide bonds. The van der Waals surface area contributed by atoms with Crippen LogP contribution >= 0.6 is 0 Å². The lowest BCUT2D eigenvalue weighted by Crippen LogP contribution is -2.50. The lowest BCUT2D eigenvalue weighted by Gasteiger charge is -2.44. The fraction of sp³-hybridized carbons (Fsp3) is 0.667. The van der Waals surface area contributed by atoms with Gasteiger partial charge in [-0.2, -0.15) is 0 Å². The second kappa shape index (κ2) is 6.47. The molecule has 1 aromatic carbocycles. The third-order valence-electron chi connectivity index (χ3n) is 5.20. The number of aliphatic hydroxyl groups is 1. The Bertz CT molecular complexity index is 434. The van der Waals surface area contributed by atoms with Crippen LogP contribution in [0.1, 0.15) is 44.1 Å². The average Bonchev–Trinajstić information content (AvgIpc) is 2.73. The van der Waals surface area contributed by atoms with E-state index in [-0.39, 0.29) is 0 Å². The highest BCUT2D eigenvalue weighted by Gasteiger charge is 2.46. The summed E-state index contributed by atoms with van der Waals surface area (Å²) in [4.78, 5) is 2.63. The van der Waals surface area contributed by atoms with Gasteiger partial charge < -0.3 is 9.84 Å². The minimum Gasteiger partial charge on any atom is -0.390 e. The summed E-state index contributed by atoms with van der Waals surface area (Å²) in [7, 11) is 1.73. The molecule has 0 saturated carbocycles. The molecule has 2 bridgehead atoms. The van der Waals surface area contributed by atoms with Crippen LogP contribution in [0.3, 0.4) is 0 Å². The van der Waals surface area contributed by atoms with Gasteiger partial charge in [0.2, 0.25) is 0 Å². The molecule has 2 unspecified atom stereocenters. The van der Waals surface area contributed by atoms with Crippen molar-refractivity contribution in [3.63, 3.8) is 0 Å². The monoisotopic (exact) mass is 289 g/mol. The summed E-state index contributed by atoms with van der Waals surface area (Å²) in [6.45, 7) is 1.79. The van der Waals surface area contributed by atoms with Crippen LogP contribution in [0.25, 0.3) is 0 Å². The van der Waals surface area contributed by atoms with Gasteiger partial charge in [-0.3, -0.25) is 4.90 Å². The second-order valence-corrected chi connectivity index (χ2v) is 6.77. The lowest BCUT2D eigenvalue weighted by atomic mass is 9.82. The van der Waals surface area contributed by atoms with Crippen molar-refractivity contribution in [3.8, 4) is 0 Å². The van der Waals surface area contributed by atoms with Gasteiger partial charge in [0.1, 0.15) is 0 Å². The van der Waals surface area contributed by atoms with Crippen molar-refractivity contribution < 1.29 is 9.84 Å². The summed E-state index contributed by atoms with van der Waals surface area (Å²) in [6.07, 6.45) is 6.19. The summed E-state index contributed by atoms with van der Waals surface area (Å²) in [5.41, 5.74) is 0.927. The van der Waals surface area contributed by atoms with Crippen molar-refractivity contribution in [3.05, 3.63) is 35.9 Å². The van der Waals surface area contributed by atoms with Crippen LogP contribution in [-0.4, -0.2) is 41.4 Å². The smallest absolute Gasteiger partial charge is 0.0678 e. The molecule has 1 aromatic rings. The third kappa shape index (κ3) is 3.47. The van der Waals surface area contributed by atoms with Gasteiger partial charge in [0, 0.05) is 32.3 Å². The zero-order valence-corrected chi connectivity index (χ0v) is 13.0. The number of nitrogens with zero attached hydrogens (tertiary/aromatic N) is 1. The number of piperidine rings is 1. The zero-order chi connectivity index (χ0) is 14.7. The predicted octanol–water partition coefficient (Wildman–Crippen LogP) is 2.97. The van der Waals surface area contributed by atoms with Crippen LogP contribution in [0.15, 0.2) is 30.3 Å². The summed E-state index contributed by atoms with van der Waals surface area (Å²) in [5, 5.41) is 10.9. The van der Waals surface area contributed by atoms with E-state index in [4.69, 9.17) is 4.74 Å². The number of fused-ring (bicyclic) bond motifs is 2. The van der Waals surface area contributed by atoms with Crippen LogP contribution in [0, 0.1) is 0 Å². The summed E-state index contributed by atoms with van der Waals surface area (Å²) >= 11 is 0. The van der Waals surface area contributed by atoms with Crippen LogP contribution in [0.2, 0.25) is 0 Å². The van der Waals surface area contributed by atoms with Crippen molar-refractivity contribution in [1.82, 2.24) is 4.90 Å². The van der Waals surface area contributed by atoms with E-state index in [0.717, 1.165) is 38.8 Å². The second-order valence-electron chi connectivity index (χ2n) is 6.77. The number of benzene rings is 1. The predicted molar refractivity (Wildman–Crippen MR) is 84.1 cm³/mol. The Hall–Kier alpha value is -0.900. The van der Waals surface area contributed by atoms with Gasteiger partial charge in [0.25, 0.3) is 0 Å². The molecule has 0 spiro atoms. The molecule has 2 saturated heterocycles. The number of methoxy groups -OCH3 is 1. The highest BCUT2D eigenvalue weighted by atomic mass is 16.5. The van der Waals surface area contributed by atoms with E-state index in [1.165, 1.54) is 18.4 Å². The molecule has 3 nitrogen and oxygen atoms in total. The maximum absolute atomic E-state index is 10.9. The first-order valence-corrected chi connectivity index (χ1v) is 8.21. The van der Waals surface area contributed by atoms with E-state index in [2.05, 4.69) is 35.2 Å². The third-order valence-corrected chi connectivity index (χ3v) is 5.20. The quantitative estimate of drug-likeness (QED) is 0.817. The largest absolute Gasteiger partial charge is 0.390 e. The van der Waals surface area contributed by atoms with Crippen LogP contribution < -0.4 is 0 Å². The Kier molecular flexibility index (Phi) is 4.63. The molecule has 0 radical (unpaired) electrons. The molecule has 2 atom stereocenters. The maximum atomic E-state index is 10.9.